The van der Waals surface area contributed by atoms with E-state index in [1.807, 2.05) is 21.9 Å². The molecule has 4 N–H and O–H groups in total. The van der Waals surface area contributed by atoms with Gasteiger partial charge in [-0.15, -0.1) is 0 Å². The fourth-order valence-electron chi connectivity index (χ4n) is 6.05. The van der Waals surface area contributed by atoms with Crippen molar-refractivity contribution in [2.75, 3.05) is 19.6 Å². The van der Waals surface area contributed by atoms with Crippen molar-refractivity contribution in [3.8, 4) is 6.07 Å². The molecular weight excluding hydrogens is 408 g/mol. The van der Waals surface area contributed by atoms with Gasteiger partial charge in [-0.1, -0.05) is 6.07 Å². The number of fused-ring (bicyclic) bond motifs is 3. The number of likely N-dealkylation sites (tertiary alicyclic amines) is 3. The summed E-state index contributed by atoms with van der Waals surface area (Å²) in [5.74, 6) is -0.547. The molecule has 1 aromatic rings. The minimum Gasteiger partial charge on any atom is -0.366 e. The van der Waals surface area contributed by atoms with Crippen LogP contribution in [0, 0.1) is 11.3 Å². The Morgan fingerprint density at radius 2 is 2.06 bits per heavy atom. The van der Waals surface area contributed by atoms with Crippen LogP contribution in [0.1, 0.15) is 53.2 Å². The van der Waals surface area contributed by atoms with Gasteiger partial charge in [-0.2, -0.15) is 5.26 Å². The van der Waals surface area contributed by atoms with E-state index in [1.165, 1.54) is 0 Å². The molecule has 2 bridgehead atoms. The molecular formula is C23H28N6O3. The summed E-state index contributed by atoms with van der Waals surface area (Å²) in [6.07, 6.45) is 3.93. The van der Waals surface area contributed by atoms with Crippen LogP contribution in [0.2, 0.25) is 0 Å². The van der Waals surface area contributed by atoms with Crippen molar-refractivity contribution in [1.29, 1.82) is 5.26 Å². The summed E-state index contributed by atoms with van der Waals surface area (Å²) in [6, 6.07) is 6.44. The number of nitrogens with two attached hydrogens (primary N) is 2. The van der Waals surface area contributed by atoms with E-state index in [0.717, 1.165) is 36.8 Å². The first kappa shape index (κ1) is 20.9. The number of rotatable bonds is 5. The van der Waals surface area contributed by atoms with Crippen LogP contribution >= 0.6 is 0 Å². The maximum Gasteiger partial charge on any atom is 0.248 e. The van der Waals surface area contributed by atoms with Gasteiger partial charge in [0.25, 0.3) is 0 Å². The van der Waals surface area contributed by atoms with Gasteiger partial charge in [-0.3, -0.25) is 19.3 Å². The summed E-state index contributed by atoms with van der Waals surface area (Å²) < 4.78 is 0. The monoisotopic (exact) mass is 436 g/mol. The van der Waals surface area contributed by atoms with Crippen LogP contribution < -0.4 is 11.5 Å². The fourth-order valence-corrected chi connectivity index (χ4v) is 6.05. The van der Waals surface area contributed by atoms with Crippen LogP contribution in [0.25, 0.3) is 0 Å². The summed E-state index contributed by atoms with van der Waals surface area (Å²) in [5.41, 5.74) is 14.3. The second kappa shape index (κ2) is 7.87. The first-order chi connectivity index (χ1) is 15.4. The zero-order chi connectivity index (χ0) is 22.6. The van der Waals surface area contributed by atoms with E-state index in [2.05, 4.69) is 6.07 Å². The molecule has 5 atom stereocenters. The van der Waals surface area contributed by atoms with E-state index >= 15 is 0 Å². The normalized spacial score (nSPS) is 29.9. The van der Waals surface area contributed by atoms with Crippen LogP contribution in [0.3, 0.4) is 0 Å². The predicted octanol–water partition coefficient (Wildman–Crippen LogP) is -0.100. The largest absolute Gasteiger partial charge is 0.366 e. The third-order valence-electron chi connectivity index (χ3n) is 7.56. The van der Waals surface area contributed by atoms with Crippen LogP contribution in [-0.2, 0) is 16.0 Å². The predicted molar refractivity (Wildman–Crippen MR) is 115 cm³/mol. The molecule has 5 rings (SSSR count). The number of primary amides is 1. The summed E-state index contributed by atoms with van der Waals surface area (Å²) >= 11 is 0. The second-order valence-electron chi connectivity index (χ2n) is 9.36. The molecule has 1 aromatic carbocycles. The van der Waals surface area contributed by atoms with E-state index in [1.54, 1.807) is 11.0 Å². The topological polar surface area (TPSA) is 137 Å². The van der Waals surface area contributed by atoms with E-state index in [-0.39, 0.29) is 29.9 Å². The van der Waals surface area contributed by atoms with E-state index in [0.29, 0.717) is 31.6 Å². The first-order valence-corrected chi connectivity index (χ1v) is 11.3. The lowest BCUT2D eigenvalue weighted by Gasteiger charge is -2.38. The number of benzene rings is 1. The number of piperazine rings is 1. The quantitative estimate of drug-likeness (QED) is 0.661. The Morgan fingerprint density at radius 3 is 2.78 bits per heavy atom. The highest BCUT2D eigenvalue weighted by molar-refractivity contribution is 5.93. The molecule has 9 heteroatoms. The first-order valence-electron chi connectivity index (χ1n) is 11.3. The lowest BCUT2D eigenvalue weighted by molar-refractivity contribution is -0.141. The maximum atomic E-state index is 13.3. The van der Waals surface area contributed by atoms with Gasteiger partial charge >= 0.3 is 0 Å². The molecule has 1 aliphatic carbocycles. The molecule has 3 aliphatic heterocycles. The average molecular weight is 437 g/mol. The minimum absolute atomic E-state index is 0.0212. The lowest BCUT2D eigenvalue weighted by Crippen LogP contribution is -2.56. The zero-order valence-corrected chi connectivity index (χ0v) is 17.9. The summed E-state index contributed by atoms with van der Waals surface area (Å²) in [4.78, 5) is 43.2. The molecule has 3 amide bonds. The average Bonchev–Trinajstić information content (AvgIpc) is 3.55. The van der Waals surface area contributed by atoms with Gasteiger partial charge in [-0.25, -0.2) is 0 Å². The Morgan fingerprint density at radius 1 is 1.25 bits per heavy atom. The van der Waals surface area contributed by atoms with Crippen molar-refractivity contribution in [1.82, 2.24) is 14.7 Å². The molecule has 0 radical (unpaired) electrons. The van der Waals surface area contributed by atoms with Gasteiger partial charge in [0.15, 0.2) is 0 Å². The Balaban J connectivity index is 1.25. The molecule has 3 unspecified atom stereocenters. The van der Waals surface area contributed by atoms with Crippen LogP contribution in [0.5, 0.6) is 0 Å². The number of aryl methyl sites for hydroxylation is 1. The van der Waals surface area contributed by atoms with Crippen molar-refractivity contribution in [2.45, 2.75) is 62.3 Å². The summed E-state index contributed by atoms with van der Waals surface area (Å²) in [7, 11) is 0. The highest BCUT2D eigenvalue weighted by Gasteiger charge is 2.53. The third kappa shape index (κ3) is 3.26. The van der Waals surface area contributed by atoms with Gasteiger partial charge < -0.3 is 21.3 Å². The van der Waals surface area contributed by atoms with E-state index in [4.69, 9.17) is 11.5 Å². The number of hydrogen-bond acceptors (Lipinski definition) is 6. The van der Waals surface area contributed by atoms with Gasteiger partial charge in [0.2, 0.25) is 17.7 Å². The highest BCUT2D eigenvalue weighted by Crippen LogP contribution is 2.44. The Labute approximate surface area is 186 Å². The van der Waals surface area contributed by atoms with Crippen LogP contribution in [0.15, 0.2) is 18.2 Å². The molecule has 3 saturated heterocycles. The number of nitrogens with zero attached hydrogens (tertiary/aromatic N) is 4. The second-order valence-corrected chi connectivity index (χ2v) is 9.36. The summed E-state index contributed by atoms with van der Waals surface area (Å²) in [6.45, 7) is 1.60. The van der Waals surface area contributed by atoms with Crippen molar-refractivity contribution in [3.05, 3.63) is 34.9 Å². The van der Waals surface area contributed by atoms with Gasteiger partial charge in [-0.05, 0) is 55.4 Å². The van der Waals surface area contributed by atoms with Gasteiger partial charge in [0.05, 0.1) is 24.2 Å². The molecule has 3 fully saturated rings. The van der Waals surface area contributed by atoms with Crippen LogP contribution in [0.4, 0.5) is 0 Å². The van der Waals surface area contributed by atoms with Crippen molar-refractivity contribution in [2.24, 2.45) is 11.5 Å². The summed E-state index contributed by atoms with van der Waals surface area (Å²) in [5, 5.41) is 9.25. The Kier molecular flexibility index (Phi) is 5.14. The number of carbonyl (C=O) groups excluding carboxylic acids is 3. The van der Waals surface area contributed by atoms with E-state index < -0.39 is 18.0 Å². The maximum absolute atomic E-state index is 13.3. The molecule has 168 valence electrons. The van der Waals surface area contributed by atoms with Crippen molar-refractivity contribution < 1.29 is 14.4 Å². The molecule has 0 spiro atoms. The molecule has 3 heterocycles. The number of amides is 3. The molecule has 9 nitrogen and oxygen atoms in total. The van der Waals surface area contributed by atoms with Crippen LogP contribution in [-0.4, -0.2) is 76.2 Å². The SMILES string of the molecule is N#CC1CCCN1C(=O)C(N)CN1C[C@@H]2CC1C(=O)N2[C@H]1CCc2cc(C(N)=O)ccc21. The zero-order valence-electron chi connectivity index (χ0n) is 17.9. The third-order valence-corrected chi connectivity index (χ3v) is 7.56. The molecule has 32 heavy (non-hydrogen) atoms. The number of nitriles is 1. The Bertz CT molecular complexity index is 1020. The van der Waals surface area contributed by atoms with E-state index in [9.17, 15) is 19.6 Å². The highest BCUT2D eigenvalue weighted by atomic mass is 16.2. The molecule has 4 aliphatic rings. The smallest absolute Gasteiger partial charge is 0.248 e. The van der Waals surface area contributed by atoms with Crippen molar-refractivity contribution >= 4 is 17.7 Å². The standard InChI is InChI=1S/C23H28N6O3/c24-10-15-2-1-7-28(15)22(31)18(25)12-27-11-16-9-20(27)23(32)29(16)19-6-4-13-8-14(21(26)30)3-5-17(13)19/h3,5,8,15-16,18-20H,1-2,4,6-7,9,11-12,25H2,(H2,26,30)/t15?,16-,18?,19-,20?/m0/s1. The van der Waals surface area contributed by atoms with Gasteiger partial charge in [0.1, 0.15) is 6.04 Å². The fraction of sp³-hybridized carbons (Fsp3) is 0.565. The number of carbonyl (C=O) groups is 3. The Hall–Kier alpha value is -2.96. The molecule has 0 saturated carbocycles. The minimum atomic E-state index is -0.732. The number of hydrogen-bond donors (Lipinski definition) is 2. The molecule has 0 aromatic heterocycles. The van der Waals surface area contributed by atoms with Gasteiger partial charge in [0, 0.05) is 31.2 Å². The van der Waals surface area contributed by atoms with Crippen molar-refractivity contribution in [3.63, 3.8) is 0 Å². The lowest BCUT2D eigenvalue weighted by atomic mass is 10.0.